The molecule has 1 N–H and O–H groups in total. The minimum Gasteiger partial charge on any atom is -0.459 e. The van der Waals surface area contributed by atoms with Crippen molar-refractivity contribution in [2.45, 2.75) is 103 Å². The zero-order valence-corrected chi connectivity index (χ0v) is 32.5. The first kappa shape index (κ1) is 41.0. The normalized spacial score (nSPS) is 23.8. The van der Waals surface area contributed by atoms with Crippen molar-refractivity contribution in [3.8, 4) is 0 Å². The van der Waals surface area contributed by atoms with E-state index in [1.54, 1.807) is 27.7 Å². The molecule has 0 aromatic heterocycles. The standard InChI is InChI=1S/C45H53NO10/c1-44(2,3)56-43(48)46-37(41(47)52-29-35-23-15-8-16-24-35)30-53-45(4)25-36-39(50-27-33-19-11-6-12-20-33)40(51-28-34-21-13-7-14-22-34)38(54-42(36)55-45)31-49-26-32-17-9-5-10-18-32/h5-24,36-40,42H,25-31H2,1-4H3,(H,46,48)/t36-,37+,38-,39-,40-,42-,45+/m1/s1. The van der Waals surface area contributed by atoms with Gasteiger partial charge in [-0.2, -0.15) is 0 Å². The molecule has 2 aliphatic rings. The van der Waals surface area contributed by atoms with Crippen molar-refractivity contribution >= 4 is 12.1 Å². The number of hydrogen-bond donors (Lipinski definition) is 1. The van der Waals surface area contributed by atoms with Gasteiger partial charge in [0.2, 0.25) is 0 Å². The molecule has 0 bridgehead atoms. The van der Waals surface area contributed by atoms with E-state index in [1.165, 1.54) is 0 Å². The number of rotatable bonds is 17. The molecule has 4 aromatic rings. The fourth-order valence-electron chi connectivity index (χ4n) is 6.77. The van der Waals surface area contributed by atoms with Crippen LogP contribution in [-0.2, 0) is 69.1 Å². The van der Waals surface area contributed by atoms with Crippen molar-refractivity contribution in [1.29, 1.82) is 0 Å². The largest absolute Gasteiger partial charge is 0.459 e. The molecule has 1 amide bonds. The third-order valence-electron chi connectivity index (χ3n) is 9.46. The molecule has 0 spiro atoms. The SMILES string of the molecule is CC(C)(C)OC(=O)N[C@@H](CO[C@]1(C)C[C@H]2[C@H](O[C@H](COCc3ccccc3)[C@@H](OCc3ccccc3)[C@@H]2OCc2ccccc2)O1)C(=O)OCc1ccccc1. The van der Waals surface area contributed by atoms with Crippen LogP contribution in [0.4, 0.5) is 4.79 Å². The molecule has 6 rings (SSSR count). The van der Waals surface area contributed by atoms with Gasteiger partial charge in [0.15, 0.2) is 18.1 Å². The Morgan fingerprint density at radius 2 is 1.23 bits per heavy atom. The number of fused-ring (bicyclic) bond motifs is 1. The molecule has 2 aliphatic heterocycles. The van der Waals surface area contributed by atoms with Gasteiger partial charge in [0.05, 0.1) is 39.1 Å². The van der Waals surface area contributed by atoms with Crippen LogP contribution in [0.15, 0.2) is 121 Å². The van der Waals surface area contributed by atoms with Gasteiger partial charge >= 0.3 is 12.1 Å². The highest BCUT2D eigenvalue weighted by molar-refractivity contribution is 5.81. The Kier molecular flexibility index (Phi) is 14.3. The van der Waals surface area contributed by atoms with E-state index in [0.29, 0.717) is 26.2 Å². The second-order valence-corrected chi connectivity index (χ2v) is 15.3. The van der Waals surface area contributed by atoms with Crippen LogP contribution in [0.1, 0.15) is 56.4 Å². The number of benzene rings is 4. The van der Waals surface area contributed by atoms with Crippen molar-refractivity contribution < 1.29 is 47.5 Å². The first-order chi connectivity index (χ1) is 27.0. The zero-order chi connectivity index (χ0) is 39.4. The van der Waals surface area contributed by atoms with E-state index >= 15 is 0 Å². The molecule has 11 heteroatoms. The first-order valence-electron chi connectivity index (χ1n) is 19.1. The molecule has 2 fully saturated rings. The number of esters is 1. The van der Waals surface area contributed by atoms with Crippen LogP contribution in [0, 0.1) is 5.92 Å². The van der Waals surface area contributed by atoms with Crippen LogP contribution in [0.25, 0.3) is 0 Å². The summed E-state index contributed by atoms with van der Waals surface area (Å²) in [4.78, 5) is 26.3. The molecule has 0 radical (unpaired) electrons. The van der Waals surface area contributed by atoms with Gasteiger partial charge < -0.3 is 43.2 Å². The molecular weight excluding hydrogens is 714 g/mol. The average molecular weight is 768 g/mol. The summed E-state index contributed by atoms with van der Waals surface area (Å²) < 4.78 is 50.4. The quantitative estimate of drug-likeness (QED) is 0.108. The van der Waals surface area contributed by atoms with Gasteiger partial charge in [-0.3, -0.25) is 0 Å². The van der Waals surface area contributed by atoms with E-state index in [4.69, 9.17) is 37.9 Å². The number of amides is 1. The Morgan fingerprint density at radius 3 is 1.77 bits per heavy atom. The van der Waals surface area contributed by atoms with Gasteiger partial charge in [-0.05, 0) is 49.9 Å². The molecule has 2 saturated heterocycles. The summed E-state index contributed by atoms with van der Waals surface area (Å²) in [5.74, 6) is -2.23. The second kappa shape index (κ2) is 19.5. The molecule has 0 saturated carbocycles. The van der Waals surface area contributed by atoms with E-state index in [2.05, 4.69) is 5.32 Å². The number of nitrogens with one attached hydrogen (secondary N) is 1. The van der Waals surface area contributed by atoms with Crippen molar-refractivity contribution in [1.82, 2.24) is 5.32 Å². The van der Waals surface area contributed by atoms with Crippen LogP contribution in [0.3, 0.4) is 0 Å². The topological polar surface area (TPSA) is 120 Å². The third kappa shape index (κ3) is 12.2. The smallest absolute Gasteiger partial charge is 0.408 e. The predicted octanol–water partition coefficient (Wildman–Crippen LogP) is 7.50. The fourth-order valence-corrected chi connectivity index (χ4v) is 6.77. The van der Waals surface area contributed by atoms with Gasteiger partial charge in [0, 0.05) is 12.3 Å². The number of alkyl carbamates (subject to hydrolysis) is 1. The highest BCUT2D eigenvalue weighted by Crippen LogP contribution is 2.45. The maximum Gasteiger partial charge on any atom is 0.408 e. The number of carbonyl (C=O) groups excluding carboxylic acids is 2. The second-order valence-electron chi connectivity index (χ2n) is 15.3. The van der Waals surface area contributed by atoms with Gasteiger partial charge in [0.1, 0.15) is 24.4 Å². The molecule has 2 heterocycles. The Labute approximate surface area is 329 Å². The van der Waals surface area contributed by atoms with Crippen LogP contribution in [-0.4, -0.2) is 67.3 Å². The van der Waals surface area contributed by atoms with Crippen LogP contribution in [0.5, 0.6) is 0 Å². The number of ether oxygens (including phenoxy) is 8. The lowest BCUT2D eigenvalue weighted by atomic mass is 9.87. The lowest BCUT2D eigenvalue weighted by molar-refractivity contribution is -0.317. The minimum absolute atomic E-state index is 0.0243. The van der Waals surface area contributed by atoms with Crippen molar-refractivity contribution in [2.75, 3.05) is 13.2 Å². The van der Waals surface area contributed by atoms with E-state index in [-0.39, 0.29) is 25.7 Å². The molecule has 298 valence electrons. The van der Waals surface area contributed by atoms with Crippen molar-refractivity contribution in [2.24, 2.45) is 5.92 Å². The molecule has 11 nitrogen and oxygen atoms in total. The highest BCUT2D eigenvalue weighted by Gasteiger charge is 2.56. The minimum atomic E-state index is -1.24. The summed E-state index contributed by atoms with van der Waals surface area (Å²) in [6, 6.07) is 38.0. The Balaban J connectivity index is 1.20. The lowest BCUT2D eigenvalue weighted by Gasteiger charge is -2.43. The van der Waals surface area contributed by atoms with E-state index < -0.39 is 54.1 Å². The van der Waals surface area contributed by atoms with Crippen molar-refractivity contribution in [3.63, 3.8) is 0 Å². The van der Waals surface area contributed by atoms with Gasteiger partial charge in [-0.15, -0.1) is 0 Å². The lowest BCUT2D eigenvalue weighted by Crippen LogP contribution is -2.56. The highest BCUT2D eigenvalue weighted by atomic mass is 16.8. The third-order valence-corrected chi connectivity index (χ3v) is 9.46. The van der Waals surface area contributed by atoms with E-state index in [9.17, 15) is 9.59 Å². The summed E-state index contributed by atoms with van der Waals surface area (Å²) >= 11 is 0. The average Bonchev–Trinajstić information content (AvgIpc) is 3.53. The molecule has 0 aliphatic carbocycles. The van der Waals surface area contributed by atoms with Crippen LogP contribution < -0.4 is 5.32 Å². The van der Waals surface area contributed by atoms with Gasteiger partial charge in [-0.1, -0.05) is 121 Å². The summed E-state index contributed by atoms with van der Waals surface area (Å²) in [6.07, 6.45) is -2.75. The monoisotopic (exact) mass is 767 g/mol. The van der Waals surface area contributed by atoms with Gasteiger partial charge in [0.25, 0.3) is 0 Å². The summed E-state index contributed by atoms with van der Waals surface area (Å²) in [7, 11) is 0. The Hall–Kier alpha value is -4.62. The maximum atomic E-state index is 13.4. The predicted molar refractivity (Wildman–Crippen MR) is 208 cm³/mol. The Bertz CT molecular complexity index is 1790. The number of hydrogen-bond acceptors (Lipinski definition) is 10. The van der Waals surface area contributed by atoms with Crippen molar-refractivity contribution in [3.05, 3.63) is 144 Å². The molecular formula is C45H53NO10. The number of carbonyl (C=O) groups is 2. The van der Waals surface area contributed by atoms with Gasteiger partial charge in [-0.25, -0.2) is 9.59 Å². The first-order valence-corrected chi connectivity index (χ1v) is 19.1. The van der Waals surface area contributed by atoms with Crippen LogP contribution >= 0.6 is 0 Å². The summed E-state index contributed by atoms with van der Waals surface area (Å²) in [6.45, 7) is 8.09. The summed E-state index contributed by atoms with van der Waals surface area (Å²) in [5, 5.41) is 2.64. The van der Waals surface area contributed by atoms with E-state index in [0.717, 1.165) is 22.3 Å². The summed E-state index contributed by atoms with van der Waals surface area (Å²) in [5.41, 5.74) is 3.08. The van der Waals surface area contributed by atoms with E-state index in [1.807, 2.05) is 121 Å². The zero-order valence-electron chi connectivity index (χ0n) is 32.5. The van der Waals surface area contributed by atoms with Crippen LogP contribution in [0.2, 0.25) is 0 Å². The molecule has 0 unspecified atom stereocenters. The Morgan fingerprint density at radius 1 is 0.732 bits per heavy atom. The molecule has 56 heavy (non-hydrogen) atoms. The maximum absolute atomic E-state index is 13.4. The molecule has 7 atom stereocenters. The molecule has 4 aromatic carbocycles. The fraction of sp³-hybridized carbons (Fsp3) is 0.422.